The van der Waals surface area contributed by atoms with Gasteiger partial charge in [-0.25, -0.2) is 9.59 Å². The summed E-state index contributed by atoms with van der Waals surface area (Å²) in [5, 5.41) is 10.3. The van der Waals surface area contributed by atoms with Crippen molar-refractivity contribution in [1.29, 1.82) is 0 Å². The zero-order valence-electron chi connectivity index (χ0n) is 12.4. The highest BCUT2D eigenvalue weighted by Crippen LogP contribution is 2.15. The Balaban J connectivity index is 1.76. The molecule has 0 atom stereocenters. The van der Waals surface area contributed by atoms with Crippen molar-refractivity contribution in [2.24, 2.45) is 0 Å². The lowest BCUT2D eigenvalue weighted by Gasteiger charge is -2.16. The number of amides is 4. The molecule has 2 fully saturated rings. The molecule has 0 bridgehead atoms. The molecule has 0 aromatic heterocycles. The van der Waals surface area contributed by atoms with Crippen LogP contribution in [0, 0.1) is 0 Å². The lowest BCUT2D eigenvalue weighted by atomic mass is 10.2. The molecular formula is C13H14N2O9. The molecule has 0 unspecified atom stereocenters. The molecule has 11 nitrogen and oxygen atoms in total. The van der Waals surface area contributed by atoms with Crippen molar-refractivity contribution in [2.75, 3.05) is 0 Å². The van der Waals surface area contributed by atoms with E-state index in [0.717, 1.165) is 0 Å². The highest BCUT2D eigenvalue weighted by Gasteiger charge is 2.35. The van der Waals surface area contributed by atoms with Gasteiger partial charge in [-0.05, 0) is 0 Å². The Morgan fingerprint density at radius 1 is 0.792 bits per heavy atom. The first-order chi connectivity index (χ1) is 11.3. The van der Waals surface area contributed by atoms with Crippen LogP contribution in [0.4, 0.5) is 0 Å². The van der Waals surface area contributed by atoms with Gasteiger partial charge in [0, 0.05) is 25.7 Å². The van der Waals surface area contributed by atoms with Crippen molar-refractivity contribution < 1.29 is 43.5 Å². The predicted molar refractivity (Wildman–Crippen MR) is 69.6 cm³/mol. The molecule has 0 saturated carbocycles. The summed E-state index contributed by atoms with van der Waals surface area (Å²) < 4.78 is 0. The second kappa shape index (κ2) is 7.17. The summed E-state index contributed by atoms with van der Waals surface area (Å²) >= 11 is 0. The maximum atomic E-state index is 11.5. The summed E-state index contributed by atoms with van der Waals surface area (Å²) in [5.41, 5.74) is 0. The molecule has 0 radical (unpaired) electrons. The van der Waals surface area contributed by atoms with Crippen LogP contribution in [0.25, 0.3) is 0 Å². The number of hydrogen-bond acceptors (Lipinski definition) is 9. The Labute approximate surface area is 135 Å². The van der Waals surface area contributed by atoms with Gasteiger partial charge >= 0.3 is 11.9 Å². The molecular weight excluding hydrogens is 328 g/mol. The third-order valence-electron chi connectivity index (χ3n) is 3.20. The summed E-state index contributed by atoms with van der Waals surface area (Å²) in [5.74, 6) is -4.87. The quantitative estimate of drug-likeness (QED) is 0.560. The van der Waals surface area contributed by atoms with Crippen molar-refractivity contribution in [3.63, 3.8) is 0 Å². The molecule has 11 heteroatoms. The predicted octanol–water partition coefficient (Wildman–Crippen LogP) is -1.66. The van der Waals surface area contributed by atoms with Gasteiger partial charge in [0.05, 0.1) is 18.9 Å². The van der Waals surface area contributed by atoms with Gasteiger partial charge < -0.3 is 14.8 Å². The normalized spacial score (nSPS) is 17.9. The van der Waals surface area contributed by atoms with Crippen LogP contribution in [0.3, 0.4) is 0 Å². The van der Waals surface area contributed by atoms with E-state index in [2.05, 4.69) is 9.68 Å². The van der Waals surface area contributed by atoms with Gasteiger partial charge in [-0.1, -0.05) is 0 Å². The molecule has 24 heavy (non-hydrogen) atoms. The fourth-order valence-electron chi connectivity index (χ4n) is 2.05. The van der Waals surface area contributed by atoms with Crippen LogP contribution < -0.4 is 0 Å². The van der Waals surface area contributed by atoms with Crippen LogP contribution in [-0.2, 0) is 38.4 Å². The van der Waals surface area contributed by atoms with E-state index in [4.69, 9.17) is 0 Å². The van der Waals surface area contributed by atoms with E-state index in [9.17, 15) is 33.9 Å². The van der Waals surface area contributed by atoms with E-state index in [1.165, 1.54) is 0 Å². The molecule has 0 spiro atoms. The van der Waals surface area contributed by atoms with Crippen LogP contribution in [-0.4, -0.2) is 56.9 Å². The van der Waals surface area contributed by atoms with Crippen LogP contribution in [0.5, 0.6) is 0 Å². The van der Waals surface area contributed by atoms with E-state index >= 15 is 0 Å². The molecule has 130 valence electrons. The first-order valence-corrected chi connectivity index (χ1v) is 7.09. The Morgan fingerprint density at radius 2 is 1.08 bits per heavy atom. The first kappa shape index (κ1) is 17.5. The van der Waals surface area contributed by atoms with Gasteiger partial charge in [-0.2, -0.15) is 0 Å². The smallest absolute Gasteiger partial charge is 0.335 e. The molecule has 1 N–H and O–H groups in total. The minimum absolute atomic E-state index is 0.0706. The molecule has 2 rings (SSSR count). The van der Waals surface area contributed by atoms with Gasteiger partial charge in [0.1, 0.15) is 0 Å². The topological polar surface area (TPSA) is 148 Å². The molecule has 2 heterocycles. The monoisotopic (exact) mass is 342 g/mol. The van der Waals surface area contributed by atoms with E-state index in [0.29, 0.717) is 10.1 Å². The molecule has 2 saturated heterocycles. The second-order valence-electron chi connectivity index (χ2n) is 5.15. The minimum atomic E-state index is -1.54. The molecule has 4 amide bonds. The summed E-state index contributed by atoms with van der Waals surface area (Å²) in [6.45, 7) is 0. The fraction of sp³-hybridized carbons (Fsp3) is 0.538. The number of carbonyl (C=O) groups excluding carboxylic acids is 6. The third kappa shape index (κ3) is 4.13. The molecule has 2 aliphatic heterocycles. The van der Waals surface area contributed by atoms with Crippen molar-refractivity contribution in [3.8, 4) is 0 Å². The summed E-state index contributed by atoms with van der Waals surface area (Å²) in [4.78, 5) is 77.1. The van der Waals surface area contributed by atoms with E-state index < -0.39 is 54.5 Å². The number of nitrogens with zero attached hydrogens (tertiary/aromatic N) is 2. The third-order valence-corrected chi connectivity index (χ3v) is 3.20. The van der Waals surface area contributed by atoms with Crippen LogP contribution in [0.1, 0.15) is 38.5 Å². The maximum absolute atomic E-state index is 11.5. The van der Waals surface area contributed by atoms with Gasteiger partial charge in [0.25, 0.3) is 23.6 Å². The minimum Gasteiger partial charge on any atom is -0.392 e. The summed E-state index contributed by atoms with van der Waals surface area (Å²) in [6.07, 6.45) is -3.19. The zero-order valence-corrected chi connectivity index (χ0v) is 12.4. The Hall–Kier alpha value is -2.82. The lowest BCUT2D eigenvalue weighted by molar-refractivity contribution is -0.201. The van der Waals surface area contributed by atoms with Crippen LogP contribution in [0.2, 0.25) is 0 Å². The second-order valence-corrected chi connectivity index (χ2v) is 5.15. The van der Waals surface area contributed by atoms with Crippen LogP contribution >= 0.6 is 0 Å². The number of carbonyl (C=O) groups is 6. The number of aliphatic hydroxyl groups is 1. The zero-order chi connectivity index (χ0) is 17.9. The van der Waals surface area contributed by atoms with E-state index in [-0.39, 0.29) is 25.7 Å². The molecule has 0 aromatic rings. The Bertz CT molecular complexity index is 531. The van der Waals surface area contributed by atoms with Gasteiger partial charge in [-0.15, -0.1) is 10.1 Å². The van der Waals surface area contributed by atoms with Gasteiger partial charge in [0.15, 0.2) is 0 Å². The van der Waals surface area contributed by atoms with Crippen molar-refractivity contribution >= 4 is 35.6 Å². The van der Waals surface area contributed by atoms with Gasteiger partial charge in [0.2, 0.25) is 0 Å². The molecule has 0 aromatic carbocycles. The highest BCUT2D eigenvalue weighted by molar-refractivity contribution is 6.02. The fourth-order valence-corrected chi connectivity index (χ4v) is 2.05. The summed E-state index contributed by atoms with van der Waals surface area (Å²) in [6, 6.07) is 0. The van der Waals surface area contributed by atoms with E-state index in [1.807, 2.05) is 0 Å². The van der Waals surface area contributed by atoms with Crippen molar-refractivity contribution in [2.45, 2.75) is 44.6 Å². The average molecular weight is 342 g/mol. The van der Waals surface area contributed by atoms with Crippen molar-refractivity contribution in [1.82, 2.24) is 10.1 Å². The number of imide groups is 2. The average Bonchev–Trinajstić information content (AvgIpc) is 2.97. The first-order valence-electron chi connectivity index (χ1n) is 7.09. The number of hydrogen-bond donors (Lipinski definition) is 1. The number of aliphatic hydroxyl groups excluding tert-OH is 1. The Kier molecular flexibility index (Phi) is 5.24. The highest BCUT2D eigenvalue weighted by atomic mass is 16.7. The molecule has 2 aliphatic rings. The maximum Gasteiger partial charge on any atom is 0.335 e. The largest absolute Gasteiger partial charge is 0.392 e. The number of rotatable bonds is 6. The van der Waals surface area contributed by atoms with Gasteiger partial charge in [-0.3, -0.25) is 19.2 Å². The van der Waals surface area contributed by atoms with E-state index in [1.54, 1.807) is 0 Å². The lowest BCUT2D eigenvalue weighted by Crippen LogP contribution is -2.35. The SMILES string of the molecule is O=C(CC(O)CC(=O)ON1C(=O)CCC1=O)ON1C(=O)CCC1=O. The standard InChI is InChI=1S/C13H14N2O9/c16-7(5-12(21)23-14-8(17)1-2-9(14)18)6-13(22)24-15-10(19)3-4-11(15)20/h7,16H,1-6H2. The van der Waals surface area contributed by atoms with Crippen LogP contribution in [0.15, 0.2) is 0 Å². The number of hydroxylamine groups is 4. The summed E-state index contributed by atoms with van der Waals surface area (Å²) in [7, 11) is 0. The van der Waals surface area contributed by atoms with Crippen molar-refractivity contribution in [3.05, 3.63) is 0 Å². The Morgan fingerprint density at radius 3 is 1.38 bits per heavy atom. The molecule has 0 aliphatic carbocycles.